The molecule has 0 saturated heterocycles. The molecule has 0 aliphatic heterocycles. The molecule has 11 aromatic rings. The summed E-state index contributed by atoms with van der Waals surface area (Å²) < 4.78 is 9.18. The van der Waals surface area contributed by atoms with Gasteiger partial charge >= 0.3 is 0 Å². The normalized spacial score (nSPS) is 11.6. The number of benzene rings is 8. The maximum atomic E-state index is 6.83. The van der Waals surface area contributed by atoms with Gasteiger partial charge in [0.1, 0.15) is 5.58 Å². The molecule has 0 saturated carbocycles. The molecule has 11 rings (SSSR count). The maximum absolute atomic E-state index is 6.83. The molecular weight excluding hydrogens is 685 g/mol. The number of fused-ring (bicyclic) bond motifs is 7. The van der Waals surface area contributed by atoms with E-state index in [-0.39, 0.29) is 0 Å². The topological polar surface area (TPSA) is 56.7 Å². The summed E-state index contributed by atoms with van der Waals surface area (Å²) in [6, 6.07) is 67.5. The summed E-state index contributed by atoms with van der Waals surface area (Å²) >= 11 is 0. The fraction of sp³-hybridized carbons (Fsp3) is 0. The Balaban J connectivity index is 1.07. The zero-order chi connectivity index (χ0) is 37.0. The Hall–Kier alpha value is -7.63. The van der Waals surface area contributed by atoms with Crippen LogP contribution < -0.4 is 0 Å². The summed E-state index contributed by atoms with van der Waals surface area (Å²) in [7, 11) is 0. The van der Waals surface area contributed by atoms with Gasteiger partial charge in [0.2, 0.25) is 0 Å². The Morgan fingerprint density at radius 1 is 0.339 bits per heavy atom. The summed E-state index contributed by atoms with van der Waals surface area (Å²) in [4.78, 5) is 14.9. The standard InChI is InChI=1S/C51H32N4O/c1-4-13-33(14-5-1)34-23-25-35(26-24-34)38-19-12-20-40(31-38)55-45-22-11-10-21-41(45)42-28-29-43-44-32-39(27-30-46(44)56-48(43)47(42)55)51-53-49(36-15-6-2-7-16-36)52-50(54-51)37-17-8-3-9-18-37/h1-32H. The van der Waals surface area contributed by atoms with E-state index in [2.05, 4.69) is 126 Å². The van der Waals surface area contributed by atoms with Crippen molar-refractivity contribution in [2.75, 3.05) is 0 Å². The molecule has 8 aromatic carbocycles. The minimum atomic E-state index is 0.609. The molecule has 0 N–H and O–H groups in total. The first-order valence-corrected chi connectivity index (χ1v) is 18.8. The van der Waals surface area contributed by atoms with Gasteiger partial charge in [-0.1, -0.05) is 152 Å². The summed E-state index contributed by atoms with van der Waals surface area (Å²) in [5, 5.41) is 4.36. The van der Waals surface area contributed by atoms with Crippen LogP contribution in [0.25, 0.3) is 106 Å². The average Bonchev–Trinajstić information content (AvgIpc) is 3.83. The van der Waals surface area contributed by atoms with Crippen LogP contribution >= 0.6 is 0 Å². The average molecular weight is 717 g/mol. The molecule has 3 heterocycles. The number of aromatic nitrogens is 4. The lowest BCUT2D eigenvalue weighted by Gasteiger charge is -2.11. The van der Waals surface area contributed by atoms with E-state index >= 15 is 0 Å². The second-order valence-electron chi connectivity index (χ2n) is 14.0. The number of hydrogen-bond donors (Lipinski definition) is 0. The fourth-order valence-corrected chi connectivity index (χ4v) is 7.94. The van der Waals surface area contributed by atoms with Gasteiger partial charge in [0.15, 0.2) is 23.1 Å². The molecule has 0 aliphatic carbocycles. The number of furan rings is 1. The smallest absolute Gasteiger partial charge is 0.164 e. The number of hydrogen-bond acceptors (Lipinski definition) is 4. The van der Waals surface area contributed by atoms with Crippen LogP contribution in [0.1, 0.15) is 0 Å². The maximum Gasteiger partial charge on any atom is 0.164 e. The van der Waals surface area contributed by atoms with E-state index < -0.39 is 0 Å². The summed E-state index contributed by atoms with van der Waals surface area (Å²) in [6.07, 6.45) is 0. The van der Waals surface area contributed by atoms with Crippen LogP contribution in [-0.4, -0.2) is 19.5 Å². The Labute approximate surface area is 322 Å². The SMILES string of the molecule is c1ccc(-c2ccc(-c3cccc(-n4c5ccccc5c5ccc6c7cc(-c8nc(-c9ccccc9)nc(-c9ccccc9)n8)ccc7oc6c54)c3)cc2)cc1. The van der Waals surface area contributed by atoms with Crippen LogP contribution in [0.5, 0.6) is 0 Å². The fourth-order valence-electron chi connectivity index (χ4n) is 7.94. The lowest BCUT2D eigenvalue weighted by atomic mass is 10.00. The van der Waals surface area contributed by atoms with Gasteiger partial charge in [-0.3, -0.25) is 0 Å². The molecule has 0 bridgehead atoms. The van der Waals surface area contributed by atoms with E-state index in [0.29, 0.717) is 17.5 Å². The van der Waals surface area contributed by atoms with E-state index in [1.54, 1.807) is 0 Å². The Morgan fingerprint density at radius 3 is 1.54 bits per heavy atom. The highest BCUT2D eigenvalue weighted by Gasteiger charge is 2.20. The van der Waals surface area contributed by atoms with Crippen LogP contribution in [0.4, 0.5) is 0 Å². The zero-order valence-electron chi connectivity index (χ0n) is 30.2. The van der Waals surface area contributed by atoms with Crippen molar-refractivity contribution in [2.45, 2.75) is 0 Å². The highest BCUT2D eigenvalue weighted by Crippen LogP contribution is 2.41. The van der Waals surface area contributed by atoms with Gasteiger partial charge in [-0.25, -0.2) is 15.0 Å². The molecule has 0 radical (unpaired) electrons. The van der Waals surface area contributed by atoms with E-state index in [0.717, 1.165) is 71.9 Å². The molecule has 262 valence electrons. The van der Waals surface area contributed by atoms with Crippen LogP contribution in [0, 0.1) is 0 Å². The van der Waals surface area contributed by atoms with Crippen molar-refractivity contribution >= 4 is 43.7 Å². The molecule has 5 heteroatoms. The number of rotatable bonds is 6. The highest BCUT2D eigenvalue weighted by molar-refractivity contribution is 6.21. The Bertz CT molecular complexity index is 3160. The van der Waals surface area contributed by atoms with E-state index in [9.17, 15) is 0 Å². The monoisotopic (exact) mass is 716 g/mol. The molecule has 0 aliphatic rings. The third-order valence-electron chi connectivity index (χ3n) is 10.7. The van der Waals surface area contributed by atoms with Crippen molar-refractivity contribution in [3.63, 3.8) is 0 Å². The molecule has 5 nitrogen and oxygen atoms in total. The van der Waals surface area contributed by atoms with Crippen LogP contribution in [-0.2, 0) is 0 Å². The van der Waals surface area contributed by atoms with E-state index in [1.807, 2.05) is 72.8 Å². The number of nitrogens with zero attached hydrogens (tertiary/aromatic N) is 4. The van der Waals surface area contributed by atoms with Crippen LogP contribution in [0.3, 0.4) is 0 Å². The predicted molar refractivity (Wildman–Crippen MR) is 229 cm³/mol. The molecule has 0 atom stereocenters. The van der Waals surface area contributed by atoms with Gasteiger partial charge in [-0.05, 0) is 64.7 Å². The van der Waals surface area contributed by atoms with Gasteiger partial charge < -0.3 is 8.98 Å². The molecular formula is C51H32N4O. The first kappa shape index (κ1) is 31.9. The molecule has 0 spiro atoms. The zero-order valence-corrected chi connectivity index (χ0v) is 30.2. The van der Waals surface area contributed by atoms with Crippen molar-refractivity contribution in [1.29, 1.82) is 0 Å². The molecule has 0 amide bonds. The first-order valence-electron chi connectivity index (χ1n) is 18.8. The summed E-state index contributed by atoms with van der Waals surface area (Å²) in [6.45, 7) is 0. The minimum absolute atomic E-state index is 0.609. The van der Waals surface area contributed by atoms with Crippen molar-refractivity contribution in [1.82, 2.24) is 19.5 Å². The largest absolute Gasteiger partial charge is 0.454 e. The third-order valence-corrected chi connectivity index (χ3v) is 10.7. The highest BCUT2D eigenvalue weighted by atomic mass is 16.3. The molecule has 56 heavy (non-hydrogen) atoms. The van der Waals surface area contributed by atoms with Crippen molar-refractivity contribution in [3.05, 3.63) is 194 Å². The first-order chi connectivity index (χ1) is 27.7. The van der Waals surface area contributed by atoms with E-state index in [1.165, 1.54) is 16.5 Å². The van der Waals surface area contributed by atoms with Gasteiger partial charge in [0.25, 0.3) is 0 Å². The lowest BCUT2D eigenvalue weighted by molar-refractivity contribution is 0.671. The lowest BCUT2D eigenvalue weighted by Crippen LogP contribution is -2.00. The number of para-hydroxylation sites is 1. The van der Waals surface area contributed by atoms with Gasteiger partial charge in [0.05, 0.1) is 11.0 Å². The Kier molecular flexibility index (Phi) is 7.42. The predicted octanol–water partition coefficient (Wildman–Crippen LogP) is 13.2. The minimum Gasteiger partial charge on any atom is -0.454 e. The third kappa shape index (κ3) is 5.37. The van der Waals surface area contributed by atoms with E-state index in [4.69, 9.17) is 19.4 Å². The summed E-state index contributed by atoms with van der Waals surface area (Å²) in [5.41, 5.74) is 12.4. The summed E-state index contributed by atoms with van der Waals surface area (Å²) in [5.74, 6) is 1.87. The van der Waals surface area contributed by atoms with Crippen molar-refractivity contribution in [3.8, 4) is 62.1 Å². The molecule has 0 unspecified atom stereocenters. The van der Waals surface area contributed by atoms with Crippen molar-refractivity contribution < 1.29 is 4.42 Å². The van der Waals surface area contributed by atoms with Gasteiger partial charge in [-0.2, -0.15) is 0 Å². The van der Waals surface area contributed by atoms with Gasteiger partial charge in [-0.15, -0.1) is 0 Å². The quantitative estimate of drug-likeness (QED) is 0.172. The molecule has 3 aromatic heterocycles. The van der Waals surface area contributed by atoms with Crippen molar-refractivity contribution in [2.24, 2.45) is 0 Å². The molecule has 0 fully saturated rings. The van der Waals surface area contributed by atoms with Gasteiger partial charge in [0, 0.05) is 43.9 Å². The second kappa shape index (κ2) is 13.0. The Morgan fingerprint density at radius 2 is 0.857 bits per heavy atom. The van der Waals surface area contributed by atoms with Crippen LogP contribution in [0.15, 0.2) is 199 Å². The second-order valence-corrected chi connectivity index (χ2v) is 14.0. The van der Waals surface area contributed by atoms with Crippen LogP contribution in [0.2, 0.25) is 0 Å².